The Balaban J connectivity index is 1.36. The molecule has 2 aromatic carbocycles. The number of methoxy groups -OCH3 is 1. The van der Waals surface area contributed by atoms with Gasteiger partial charge < -0.3 is 23.9 Å². The Kier molecular flexibility index (Phi) is 5.63. The van der Waals surface area contributed by atoms with E-state index < -0.39 is 5.63 Å². The number of aryl methyl sites for hydroxylation is 4. The highest BCUT2D eigenvalue weighted by atomic mass is 16.5. The first-order chi connectivity index (χ1) is 16.8. The van der Waals surface area contributed by atoms with Crippen molar-refractivity contribution in [3.8, 4) is 5.75 Å². The van der Waals surface area contributed by atoms with Gasteiger partial charge in [0.25, 0.3) is 0 Å². The molecule has 0 atom stereocenters. The molecule has 2 N–H and O–H groups in total. The number of amides is 1. The monoisotopic (exact) mass is 472 g/mol. The third kappa shape index (κ3) is 3.87. The standard InChI is InChI=1S/C28H28N2O5/c1-14-17(4)34-26-16(3)27-21(11-20(14)26)15(2)22(28(32)35-27)12-25(31)29-9-8-18-13-30-24-7-6-19(33-5)10-23(18)24/h6-7,10-11,13,30H,8-9,12H2,1-5H3,(H,29,31). The molecule has 5 aromatic rings. The second kappa shape index (κ2) is 8.65. The summed E-state index contributed by atoms with van der Waals surface area (Å²) in [6.07, 6.45) is 2.56. The Hall–Kier alpha value is -4.00. The van der Waals surface area contributed by atoms with Crippen LogP contribution in [-0.2, 0) is 17.6 Å². The molecule has 0 unspecified atom stereocenters. The summed E-state index contributed by atoms with van der Waals surface area (Å²) in [4.78, 5) is 28.8. The summed E-state index contributed by atoms with van der Waals surface area (Å²) in [6, 6.07) is 7.85. The number of hydrogen-bond donors (Lipinski definition) is 2. The van der Waals surface area contributed by atoms with E-state index in [2.05, 4.69) is 10.3 Å². The molecular weight excluding hydrogens is 444 g/mol. The molecule has 0 saturated heterocycles. The fourth-order valence-corrected chi connectivity index (χ4v) is 4.75. The Morgan fingerprint density at radius 3 is 2.49 bits per heavy atom. The summed E-state index contributed by atoms with van der Waals surface area (Å²) in [5.41, 5.74) is 5.85. The Bertz CT molecular complexity index is 1670. The number of fused-ring (bicyclic) bond motifs is 3. The minimum Gasteiger partial charge on any atom is -0.497 e. The van der Waals surface area contributed by atoms with E-state index in [1.807, 2.05) is 58.2 Å². The SMILES string of the molecule is COc1ccc2[nH]cc(CCNC(=O)Cc3c(C)c4cc5c(C)c(C)oc5c(C)c4oc3=O)c2c1. The van der Waals surface area contributed by atoms with Crippen LogP contribution in [0.1, 0.15) is 33.6 Å². The Morgan fingerprint density at radius 2 is 1.71 bits per heavy atom. The van der Waals surface area contributed by atoms with E-state index in [0.717, 1.165) is 61.0 Å². The van der Waals surface area contributed by atoms with E-state index in [1.54, 1.807) is 7.11 Å². The van der Waals surface area contributed by atoms with Crippen molar-refractivity contribution in [3.63, 3.8) is 0 Å². The molecule has 0 spiro atoms. The van der Waals surface area contributed by atoms with E-state index in [0.29, 0.717) is 24.1 Å². The maximum absolute atomic E-state index is 12.8. The molecule has 0 aliphatic carbocycles. The van der Waals surface area contributed by atoms with Gasteiger partial charge in [-0.3, -0.25) is 4.79 Å². The van der Waals surface area contributed by atoms with E-state index in [4.69, 9.17) is 13.6 Å². The molecule has 0 radical (unpaired) electrons. The number of carbonyl (C=O) groups is 1. The quantitative estimate of drug-likeness (QED) is 0.333. The largest absolute Gasteiger partial charge is 0.497 e. The number of nitrogens with one attached hydrogen (secondary N) is 2. The lowest BCUT2D eigenvalue weighted by molar-refractivity contribution is -0.120. The lowest BCUT2D eigenvalue weighted by atomic mass is 9.98. The smallest absolute Gasteiger partial charge is 0.340 e. The van der Waals surface area contributed by atoms with Crippen molar-refractivity contribution in [1.82, 2.24) is 10.3 Å². The summed E-state index contributed by atoms with van der Waals surface area (Å²) in [7, 11) is 1.64. The van der Waals surface area contributed by atoms with E-state index in [-0.39, 0.29) is 12.3 Å². The van der Waals surface area contributed by atoms with Gasteiger partial charge in [-0.25, -0.2) is 4.79 Å². The van der Waals surface area contributed by atoms with Crippen LogP contribution in [0.2, 0.25) is 0 Å². The number of aromatic nitrogens is 1. The minimum absolute atomic E-state index is 0.0354. The van der Waals surface area contributed by atoms with Crippen LogP contribution >= 0.6 is 0 Å². The first-order valence-corrected chi connectivity index (χ1v) is 11.6. The van der Waals surface area contributed by atoms with E-state index in [9.17, 15) is 9.59 Å². The van der Waals surface area contributed by atoms with Gasteiger partial charge >= 0.3 is 5.63 Å². The maximum Gasteiger partial charge on any atom is 0.340 e. The van der Waals surface area contributed by atoms with Gasteiger partial charge in [0.2, 0.25) is 5.91 Å². The highest BCUT2D eigenvalue weighted by Gasteiger charge is 2.20. The van der Waals surface area contributed by atoms with Crippen molar-refractivity contribution in [2.75, 3.05) is 13.7 Å². The molecule has 7 heteroatoms. The number of benzene rings is 2. The number of rotatable bonds is 6. The zero-order valence-corrected chi connectivity index (χ0v) is 20.5. The second-order valence-corrected chi connectivity index (χ2v) is 9.03. The van der Waals surface area contributed by atoms with Crippen LogP contribution < -0.4 is 15.7 Å². The van der Waals surface area contributed by atoms with Crippen molar-refractivity contribution in [3.05, 3.63) is 74.5 Å². The highest BCUT2D eigenvalue weighted by Crippen LogP contribution is 2.34. The summed E-state index contributed by atoms with van der Waals surface area (Å²) in [6.45, 7) is 8.15. The molecule has 35 heavy (non-hydrogen) atoms. The van der Waals surface area contributed by atoms with Gasteiger partial charge in [0.05, 0.1) is 19.1 Å². The predicted octanol–water partition coefficient (Wildman–Crippen LogP) is 5.16. The average Bonchev–Trinajstić information content (AvgIpc) is 3.38. The zero-order chi connectivity index (χ0) is 24.9. The topological polar surface area (TPSA) is 97.5 Å². The summed E-state index contributed by atoms with van der Waals surface area (Å²) in [5, 5.41) is 5.83. The van der Waals surface area contributed by atoms with Crippen LogP contribution in [-0.4, -0.2) is 24.5 Å². The van der Waals surface area contributed by atoms with Crippen molar-refractivity contribution in [2.24, 2.45) is 0 Å². The number of hydrogen-bond acceptors (Lipinski definition) is 5. The molecule has 180 valence electrons. The number of ether oxygens (including phenoxy) is 1. The molecule has 0 bridgehead atoms. The van der Waals surface area contributed by atoms with Gasteiger partial charge in [0, 0.05) is 40.0 Å². The number of H-pyrrole nitrogens is 1. The Labute approximate surface area is 202 Å². The lowest BCUT2D eigenvalue weighted by Gasteiger charge is -2.10. The normalized spacial score (nSPS) is 11.6. The lowest BCUT2D eigenvalue weighted by Crippen LogP contribution is -2.29. The van der Waals surface area contributed by atoms with E-state index in [1.165, 1.54) is 0 Å². The Morgan fingerprint density at radius 1 is 0.971 bits per heavy atom. The number of aromatic amines is 1. The number of furan rings is 1. The predicted molar refractivity (Wildman–Crippen MR) is 136 cm³/mol. The maximum atomic E-state index is 12.8. The van der Waals surface area contributed by atoms with E-state index >= 15 is 0 Å². The fraction of sp³-hybridized carbons (Fsp3) is 0.286. The van der Waals surface area contributed by atoms with Gasteiger partial charge in [0.1, 0.15) is 22.7 Å². The van der Waals surface area contributed by atoms with Crippen molar-refractivity contribution in [2.45, 2.75) is 40.5 Å². The van der Waals surface area contributed by atoms with Crippen LogP contribution in [0, 0.1) is 27.7 Å². The van der Waals surface area contributed by atoms with Crippen molar-refractivity contribution < 1.29 is 18.4 Å². The molecule has 5 rings (SSSR count). The third-order valence-corrected chi connectivity index (χ3v) is 6.97. The zero-order valence-electron chi connectivity index (χ0n) is 20.5. The van der Waals surface area contributed by atoms with Crippen LogP contribution in [0.3, 0.4) is 0 Å². The molecule has 3 heterocycles. The molecule has 7 nitrogen and oxygen atoms in total. The molecule has 0 aliphatic heterocycles. The summed E-state index contributed by atoms with van der Waals surface area (Å²) in [5.74, 6) is 1.41. The minimum atomic E-state index is -0.490. The highest BCUT2D eigenvalue weighted by molar-refractivity contribution is 6.00. The second-order valence-electron chi connectivity index (χ2n) is 9.03. The average molecular weight is 473 g/mol. The van der Waals surface area contributed by atoms with Gasteiger partial charge in [-0.2, -0.15) is 0 Å². The first-order valence-electron chi connectivity index (χ1n) is 11.6. The van der Waals surface area contributed by atoms with Crippen LogP contribution in [0.4, 0.5) is 0 Å². The van der Waals surface area contributed by atoms with Gasteiger partial charge in [-0.15, -0.1) is 0 Å². The van der Waals surface area contributed by atoms with Crippen molar-refractivity contribution in [1.29, 1.82) is 0 Å². The fourth-order valence-electron chi connectivity index (χ4n) is 4.75. The molecule has 0 saturated carbocycles. The molecular formula is C28H28N2O5. The molecule has 1 amide bonds. The number of carbonyl (C=O) groups excluding carboxylic acids is 1. The van der Waals surface area contributed by atoms with Crippen molar-refractivity contribution >= 4 is 38.7 Å². The molecule has 0 aliphatic rings. The molecule has 0 fully saturated rings. The first kappa shape index (κ1) is 22.8. The van der Waals surface area contributed by atoms with Crippen LogP contribution in [0.15, 0.2) is 44.1 Å². The molecule has 3 aromatic heterocycles. The summed E-state index contributed by atoms with van der Waals surface area (Å²) >= 11 is 0. The van der Waals surface area contributed by atoms with Gasteiger partial charge in [0.15, 0.2) is 0 Å². The van der Waals surface area contributed by atoms with Gasteiger partial charge in [-0.1, -0.05) is 0 Å². The third-order valence-electron chi connectivity index (χ3n) is 6.97. The summed E-state index contributed by atoms with van der Waals surface area (Å²) < 4.78 is 16.9. The van der Waals surface area contributed by atoms with Gasteiger partial charge in [-0.05, 0) is 75.1 Å². The van der Waals surface area contributed by atoms with Crippen LogP contribution in [0.25, 0.3) is 32.8 Å². The van der Waals surface area contributed by atoms with Crippen LogP contribution in [0.5, 0.6) is 5.75 Å².